The first-order valence-electron chi connectivity index (χ1n) is 13.2. The SMILES string of the molecule is CC(=O)c1c(C)n(CC(=O)N2CC(C)CC2C(=O)Nc2nc(Br)ccc2C)c2ccc(-c3cnc(C)nc3)cc12. The summed E-state index contributed by atoms with van der Waals surface area (Å²) in [4.78, 5) is 54.4. The van der Waals surface area contributed by atoms with E-state index < -0.39 is 6.04 Å². The van der Waals surface area contributed by atoms with Crippen molar-refractivity contribution in [1.29, 1.82) is 0 Å². The number of anilines is 1. The topological polar surface area (TPSA) is 110 Å². The van der Waals surface area contributed by atoms with E-state index in [0.29, 0.717) is 34.8 Å². The van der Waals surface area contributed by atoms with Gasteiger partial charge in [0, 0.05) is 46.7 Å². The molecule has 1 fully saturated rings. The van der Waals surface area contributed by atoms with Crippen LogP contribution in [0.5, 0.6) is 0 Å². The first kappa shape index (κ1) is 27.6. The number of carbonyl (C=O) groups is 3. The number of halogens is 1. The number of rotatable bonds is 6. The van der Waals surface area contributed by atoms with Crippen molar-refractivity contribution in [3.05, 3.63) is 70.0 Å². The summed E-state index contributed by atoms with van der Waals surface area (Å²) in [5.41, 5.74) is 4.66. The molecule has 10 heteroatoms. The number of aromatic nitrogens is 4. The summed E-state index contributed by atoms with van der Waals surface area (Å²) in [5.74, 6) is 0.825. The van der Waals surface area contributed by atoms with Gasteiger partial charge in [0.1, 0.15) is 28.8 Å². The van der Waals surface area contributed by atoms with Crippen LogP contribution in [0.3, 0.4) is 0 Å². The maximum absolute atomic E-state index is 13.7. The predicted molar refractivity (Wildman–Crippen MR) is 157 cm³/mol. The molecule has 0 radical (unpaired) electrons. The van der Waals surface area contributed by atoms with E-state index in [9.17, 15) is 14.4 Å². The fourth-order valence-electron chi connectivity index (χ4n) is 5.48. The fraction of sp³-hybridized carbons (Fsp3) is 0.333. The van der Waals surface area contributed by atoms with Crippen LogP contribution < -0.4 is 5.32 Å². The van der Waals surface area contributed by atoms with Gasteiger partial charge >= 0.3 is 0 Å². The first-order chi connectivity index (χ1) is 19.0. The second-order valence-electron chi connectivity index (χ2n) is 10.5. The number of hydrogen-bond donors (Lipinski definition) is 1. The van der Waals surface area contributed by atoms with Gasteiger partial charge in [-0.05, 0) is 85.3 Å². The third-order valence-electron chi connectivity index (χ3n) is 7.52. The maximum atomic E-state index is 13.7. The summed E-state index contributed by atoms with van der Waals surface area (Å²) in [6.45, 7) is 9.64. The number of aryl methyl sites for hydroxylation is 2. The van der Waals surface area contributed by atoms with Gasteiger partial charge in [-0.15, -0.1) is 0 Å². The number of nitrogens with zero attached hydrogens (tertiary/aromatic N) is 5. The van der Waals surface area contributed by atoms with Crippen molar-refractivity contribution in [2.24, 2.45) is 5.92 Å². The molecule has 2 atom stereocenters. The Balaban J connectivity index is 1.45. The molecule has 1 aromatic carbocycles. The normalized spacial score (nSPS) is 16.9. The van der Waals surface area contributed by atoms with E-state index in [4.69, 9.17) is 0 Å². The van der Waals surface area contributed by atoms with Crippen molar-refractivity contribution in [3.63, 3.8) is 0 Å². The predicted octanol–water partition coefficient (Wildman–Crippen LogP) is 5.26. The number of hydrogen-bond acceptors (Lipinski definition) is 6. The lowest BCUT2D eigenvalue weighted by Gasteiger charge is -2.25. The van der Waals surface area contributed by atoms with Gasteiger partial charge < -0.3 is 14.8 Å². The standard InChI is InChI=1S/C30H31BrN6O3/c1-16-10-25(30(40)35-29-17(2)6-9-26(31)34-29)37(14-16)27(39)15-36-18(3)28(19(4)38)23-11-21(7-8-24(23)36)22-12-32-20(5)33-13-22/h6-9,11-13,16,25H,10,14-15H2,1-5H3,(H,34,35,40). The first-order valence-corrected chi connectivity index (χ1v) is 14.0. The summed E-state index contributed by atoms with van der Waals surface area (Å²) in [6, 6.07) is 8.91. The van der Waals surface area contributed by atoms with Crippen LogP contribution >= 0.6 is 15.9 Å². The molecule has 2 amide bonds. The van der Waals surface area contributed by atoms with E-state index in [1.165, 1.54) is 6.92 Å². The Kier molecular flexibility index (Phi) is 7.55. The van der Waals surface area contributed by atoms with Crippen LogP contribution in [0.15, 0.2) is 47.3 Å². The molecule has 206 valence electrons. The molecule has 1 N–H and O–H groups in total. The third kappa shape index (κ3) is 5.28. The lowest BCUT2D eigenvalue weighted by atomic mass is 10.0. The number of carbonyl (C=O) groups excluding carboxylic acids is 3. The Morgan fingerprint density at radius 1 is 1.05 bits per heavy atom. The van der Waals surface area contributed by atoms with Gasteiger partial charge in [0.05, 0.1) is 0 Å². The summed E-state index contributed by atoms with van der Waals surface area (Å²) in [6.07, 6.45) is 4.08. The van der Waals surface area contributed by atoms with Crippen molar-refractivity contribution in [1.82, 2.24) is 24.4 Å². The number of ketones is 1. The van der Waals surface area contributed by atoms with E-state index in [2.05, 4.69) is 36.2 Å². The molecule has 0 spiro atoms. The van der Waals surface area contributed by atoms with Gasteiger partial charge in [0.25, 0.3) is 0 Å². The van der Waals surface area contributed by atoms with Crippen LogP contribution in [0.2, 0.25) is 0 Å². The molecule has 2 unspecified atom stereocenters. The number of amides is 2. The van der Waals surface area contributed by atoms with Crippen LogP contribution in [-0.2, 0) is 16.1 Å². The quantitative estimate of drug-likeness (QED) is 0.238. The largest absolute Gasteiger partial charge is 0.335 e. The molecule has 5 rings (SSSR count). The average molecular weight is 604 g/mol. The van der Waals surface area contributed by atoms with Crippen molar-refractivity contribution >= 4 is 50.2 Å². The number of benzene rings is 1. The average Bonchev–Trinajstić information content (AvgIpc) is 3.43. The highest BCUT2D eigenvalue weighted by Gasteiger charge is 2.38. The van der Waals surface area contributed by atoms with Crippen molar-refractivity contribution in [2.75, 3.05) is 11.9 Å². The minimum absolute atomic E-state index is 0.0211. The van der Waals surface area contributed by atoms with Crippen LogP contribution in [0.1, 0.15) is 47.7 Å². The third-order valence-corrected chi connectivity index (χ3v) is 7.96. The minimum atomic E-state index is -0.606. The minimum Gasteiger partial charge on any atom is -0.335 e. The van der Waals surface area contributed by atoms with Gasteiger partial charge in [-0.3, -0.25) is 14.4 Å². The summed E-state index contributed by atoms with van der Waals surface area (Å²) in [5, 5.41) is 3.69. The molecular weight excluding hydrogens is 572 g/mol. The van der Waals surface area contributed by atoms with Crippen LogP contribution in [-0.4, -0.2) is 54.6 Å². The molecule has 3 aromatic heterocycles. The molecule has 0 bridgehead atoms. The summed E-state index contributed by atoms with van der Waals surface area (Å²) < 4.78 is 2.50. The number of fused-ring (bicyclic) bond motifs is 1. The van der Waals surface area contributed by atoms with Gasteiger partial charge in [0.2, 0.25) is 11.8 Å². The number of Topliss-reactive ketones (excluding diaryl/α,β-unsaturated/α-hetero) is 1. The van der Waals surface area contributed by atoms with E-state index in [-0.39, 0.29) is 30.1 Å². The van der Waals surface area contributed by atoms with Gasteiger partial charge in [-0.25, -0.2) is 15.0 Å². The molecule has 40 heavy (non-hydrogen) atoms. The van der Waals surface area contributed by atoms with Gasteiger partial charge in [-0.1, -0.05) is 19.1 Å². The molecular formula is C30H31BrN6O3. The molecule has 4 heterocycles. The number of likely N-dealkylation sites (tertiary alicyclic amines) is 1. The molecule has 1 saturated heterocycles. The van der Waals surface area contributed by atoms with E-state index in [1.54, 1.807) is 17.3 Å². The molecule has 4 aromatic rings. The lowest BCUT2D eigenvalue weighted by molar-refractivity contribution is -0.137. The molecule has 0 aliphatic carbocycles. The van der Waals surface area contributed by atoms with E-state index in [0.717, 1.165) is 33.3 Å². The second kappa shape index (κ2) is 10.9. The Morgan fingerprint density at radius 2 is 1.77 bits per heavy atom. The zero-order chi connectivity index (χ0) is 28.7. The highest BCUT2D eigenvalue weighted by molar-refractivity contribution is 9.10. The van der Waals surface area contributed by atoms with Crippen LogP contribution in [0.25, 0.3) is 22.0 Å². The van der Waals surface area contributed by atoms with Crippen LogP contribution in [0, 0.1) is 26.7 Å². The lowest BCUT2D eigenvalue weighted by Crippen LogP contribution is -2.44. The van der Waals surface area contributed by atoms with Gasteiger partial charge in [0.15, 0.2) is 5.78 Å². The molecule has 1 aliphatic heterocycles. The maximum Gasteiger partial charge on any atom is 0.248 e. The molecule has 9 nitrogen and oxygen atoms in total. The Hall–Kier alpha value is -3.92. The van der Waals surface area contributed by atoms with Crippen molar-refractivity contribution in [2.45, 2.75) is 53.6 Å². The van der Waals surface area contributed by atoms with E-state index >= 15 is 0 Å². The molecule has 1 aliphatic rings. The van der Waals surface area contributed by atoms with E-state index in [1.807, 2.05) is 62.6 Å². The monoisotopic (exact) mass is 602 g/mol. The van der Waals surface area contributed by atoms with Crippen molar-refractivity contribution in [3.8, 4) is 11.1 Å². The highest BCUT2D eigenvalue weighted by Crippen LogP contribution is 2.32. The number of pyridine rings is 1. The summed E-state index contributed by atoms with van der Waals surface area (Å²) in [7, 11) is 0. The molecule has 0 saturated carbocycles. The number of nitrogens with one attached hydrogen (secondary N) is 1. The second-order valence-corrected chi connectivity index (χ2v) is 11.4. The fourth-order valence-corrected chi connectivity index (χ4v) is 5.79. The zero-order valence-electron chi connectivity index (χ0n) is 23.2. The Morgan fingerprint density at radius 3 is 2.48 bits per heavy atom. The summed E-state index contributed by atoms with van der Waals surface area (Å²) >= 11 is 3.35. The van der Waals surface area contributed by atoms with Gasteiger partial charge in [-0.2, -0.15) is 0 Å². The Bertz CT molecular complexity index is 1650. The highest BCUT2D eigenvalue weighted by atomic mass is 79.9. The Labute approximate surface area is 241 Å². The van der Waals surface area contributed by atoms with Crippen molar-refractivity contribution < 1.29 is 14.4 Å². The smallest absolute Gasteiger partial charge is 0.248 e. The van der Waals surface area contributed by atoms with Crippen LogP contribution in [0.4, 0.5) is 5.82 Å². The zero-order valence-corrected chi connectivity index (χ0v) is 24.7.